The minimum absolute atomic E-state index is 0.151. The van der Waals surface area contributed by atoms with Gasteiger partial charge in [0.05, 0.1) is 0 Å². The topological polar surface area (TPSA) is 58.6 Å². The van der Waals surface area contributed by atoms with Crippen molar-refractivity contribution in [3.63, 3.8) is 0 Å². The van der Waals surface area contributed by atoms with E-state index in [1.807, 2.05) is 54.6 Å². The lowest BCUT2D eigenvalue weighted by atomic mass is 10.1. The second kappa shape index (κ2) is 11.8. The van der Waals surface area contributed by atoms with Crippen LogP contribution in [0.1, 0.15) is 12.5 Å². The molecule has 6 heteroatoms. The van der Waals surface area contributed by atoms with E-state index in [1.54, 1.807) is 34.9 Å². The first kappa shape index (κ1) is 23.2. The van der Waals surface area contributed by atoms with Gasteiger partial charge in [0.2, 0.25) is 0 Å². The van der Waals surface area contributed by atoms with E-state index >= 15 is 0 Å². The largest absolute Gasteiger partial charge is 0.427 e. The van der Waals surface area contributed by atoms with Crippen molar-refractivity contribution in [1.29, 1.82) is 0 Å². The van der Waals surface area contributed by atoms with Gasteiger partial charge in [-0.1, -0.05) is 48.2 Å². The SMILES string of the molecule is C=CCNC(=O)N(CCc1ccccc1)c1ccc(Sc2ccc(OC(C)=O)cc2)cc1. The molecule has 0 radical (unpaired) electrons. The molecule has 0 atom stereocenters. The summed E-state index contributed by atoms with van der Waals surface area (Å²) in [5, 5.41) is 2.87. The molecule has 0 saturated heterocycles. The van der Waals surface area contributed by atoms with E-state index in [1.165, 1.54) is 12.5 Å². The molecule has 0 unspecified atom stereocenters. The molecule has 2 amide bonds. The summed E-state index contributed by atoms with van der Waals surface area (Å²) in [5.74, 6) is 0.187. The summed E-state index contributed by atoms with van der Waals surface area (Å²) in [6.45, 7) is 6.03. The second-order valence-electron chi connectivity index (χ2n) is 7.02. The van der Waals surface area contributed by atoms with Gasteiger partial charge in [0.25, 0.3) is 0 Å². The fraction of sp³-hybridized carbons (Fsp3) is 0.154. The standard InChI is InChI=1S/C26H26N2O3S/c1-3-18-27-26(30)28(19-17-21-7-5-4-6-8-21)22-9-13-24(14-10-22)32-25-15-11-23(12-16-25)31-20(2)29/h3-16H,1,17-19H2,2H3,(H,27,30). The molecular formula is C26H26N2O3S. The molecule has 32 heavy (non-hydrogen) atoms. The molecule has 0 aliphatic carbocycles. The zero-order valence-electron chi connectivity index (χ0n) is 18.0. The van der Waals surface area contributed by atoms with Crippen LogP contribution in [-0.4, -0.2) is 25.1 Å². The van der Waals surface area contributed by atoms with Gasteiger partial charge in [-0.25, -0.2) is 4.79 Å². The molecule has 0 fully saturated rings. The molecule has 3 aromatic rings. The van der Waals surface area contributed by atoms with Gasteiger partial charge in [-0.2, -0.15) is 0 Å². The highest BCUT2D eigenvalue weighted by Gasteiger charge is 2.15. The van der Waals surface area contributed by atoms with Crippen LogP contribution in [0.2, 0.25) is 0 Å². The molecule has 164 valence electrons. The van der Waals surface area contributed by atoms with E-state index in [0.717, 1.165) is 21.9 Å². The molecule has 0 aromatic heterocycles. The second-order valence-corrected chi connectivity index (χ2v) is 8.17. The highest BCUT2D eigenvalue weighted by Crippen LogP contribution is 2.30. The average molecular weight is 447 g/mol. The lowest BCUT2D eigenvalue weighted by molar-refractivity contribution is -0.131. The van der Waals surface area contributed by atoms with E-state index < -0.39 is 0 Å². The fourth-order valence-electron chi connectivity index (χ4n) is 3.06. The number of carbonyl (C=O) groups is 2. The number of carbonyl (C=O) groups excluding carboxylic acids is 2. The maximum Gasteiger partial charge on any atom is 0.322 e. The number of nitrogens with zero attached hydrogens (tertiary/aromatic N) is 1. The van der Waals surface area contributed by atoms with Crippen LogP contribution in [-0.2, 0) is 11.2 Å². The van der Waals surface area contributed by atoms with Crippen LogP contribution in [0.3, 0.4) is 0 Å². The number of hydrogen-bond donors (Lipinski definition) is 1. The van der Waals surface area contributed by atoms with Gasteiger partial charge < -0.3 is 10.1 Å². The molecule has 1 N–H and O–H groups in total. The number of amides is 2. The van der Waals surface area contributed by atoms with E-state index in [4.69, 9.17) is 4.74 Å². The first-order valence-electron chi connectivity index (χ1n) is 10.3. The van der Waals surface area contributed by atoms with Crippen molar-refractivity contribution in [3.05, 3.63) is 97.1 Å². The Kier molecular flexibility index (Phi) is 8.52. The summed E-state index contributed by atoms with van der Waals surface area (Å²) in [5.41, 5.74) is 2.01. The van der Waals surface area contributed by atoms with Crippen LogP contribution in [0.5, 0.6) is 5.75 Å². The Balaban J connectivity index is 1.69. The van der Waals surface area contributed by atoms with Crippen LogP contribution >= 0.6 is 11.8 Å². The fourth-order valence-corrected chi connectivity index (χ4v) is 3.88. The van der Waals surface area contributed by atoms with Crippen molar-refractivity contribution in [2.24, 2.45) is 0 Å². The molecule has 3 aromatic carbocycles. The summed E-state index contributed by atoms with van der Waals surface area (Å²) in [6, 6.07) is 25.2. The minimum atomic E-state index is -0.338. The molecule has 0 aliphatic heterocycles. The third-order valence-corrected chi connectivity index (χ3v) is 5.59. The number of hydrogen-bond acceptors (Lipinski definition) is 4. The molecule has 0 spiro atoms. The van der Waals surface area contributed by atoms with Crippen LogP contribution in [0.15, 0.2) is 101 Å². The number of ether oxygens (including phenoxy) is 1. The lowest BCUT2D eigenvalue weighted by Gasteiger charge is -2.23. The van der Waals surface area contributed by atoms with Crippen LogP contribution < -0.4 is 15.0 Å². The van der Waals surface area contributed by atoms with Gasteiger partial charge in [0.1, 0.15) is 5.75 Å². The van der Waals surface area contributed by atoms with Crippen LogP contribution in [0, 0.1) is 0 Å². The number of benzene rings is 3. The van der Waals surface area contributed by atoms with Crippen molar-refractivity contribution in [1.82, 2.24) is 5.32 Å². The van der Waals surface area contributed by atoms with Gasteiger partial charge in [-0.3, -0.25) is 9.69 Å². The molecular weight excluding hydrogens is 420 g/mol. The summed E-state index contributed by atoms with van der Waals surface area (Å²) in [6.07, 6.45) is 2.42. The smallest absolute Gasteiger partial charge is 0.322 e. The Morgan fingerprint density at radius 3 is 2.19 bits per heavy atom. The number of anilines is 1. The van der Waals surface area contributed by atoms with Gasteiger partial charge in [-0.15, -0.1) is 6.58 Å². The summed E-state index contributed by atoms with van der Waals surface area (Å²) < 4.78 is 5.07. The quantitative estimate of drug-likeness (QED) is 0.260. The monoisotopic (exact) mass is 446 g/mol. The first-order chi connectivity index (χ1) is 15.5. The number of esters is 1. The van der Waals surface area contributed by atoms with Crippen LogP contribution in [0.4, 0.5) is 10.5 Å². The van der Waals surface area contributed by atoms with Crippen molar-refractivity contribution < 1.29 is 14.3 Å². The lowest BCUT2D eigenvalue weighted by Crippen LogP contribution is -2.41. The number of urea groups is 1. The Morgan fingerprint density at radius 2 is 1.59 bits per heavy atom. The highest BCUT2D eigenvalue weighted by molar-refractivity contribution is 7.99. The van der Waals surface area contributed by atoms with Crippen molar-refractivity contribution >= 4 is 29.4 Å². The zero-order chi connectivity index (χ0) is 22.8. The van der Waals surface area contributed by atoms with E-state index in [-0.39, 0.29) is 12.0 Å². The Bertz CT molecular complexity index is 1030. The molecule has 0 saturated carbocycles. The predicted molar refractivity (Wildman–Crippen MR) is 129 cm³/mol. The Hall–Kier alpha value is -3.51. The summed E-state index contributed by atoms with van der Waals surface area (Å²) in [4.78, 5) is 27.6. The average Bonchev–Trinajstić information content (AvgIpc) is 2.80. The molecule has 5 nitrogen and oxygen atoms in total. The van der Waals surface area contributed by atoms with Gasteiger partial charge in [-0.05, 0) is 60.5 Å². The van der Waals surface area contributed by atoms with Gasteiger partial charge in [0, 0.05) is 35.5 Å². The van der Waals surface area contributed by atoms with Crippen molar-refractivity contribution in [3.8, 4) is 5.75 Å². The van der Waals surface area contributed by atoms with Gasteiger partial charge >= 0.3 is 12.0 Å². The third kappa shape index (κ3) is 7.03. The van der Waals surface area contributed by atoms with Crippen molar-refractivity contribution in [2.75, 3.05) is 18.0 Å². The van der Waals surface area contributed by atoms with E-state index in [0.29, 0.717) is 18.8 Å². The molecule has 0 aliphatic rings. The predicted octanol–water partition coefficient (Wildman–Crippen LogP) is 5.71. The maximum absolute atomic E-state index is 12.7. The Labute approximate surface area is 193 Å². The first-order valence-corrected chi connectivity index (χ1v) is 11.1. The highest BCUT2D eigenvalue weighted by atomic mass is 32.2. The minimum Gasteiger partial charge on any atom is -0.427 e. The van der Waals surface area contributed by atoms with E-state index in [2.05, 4.69) is 24.0 Å². The number of nitrogens with one attached hydrogen (secondary N) is 1. The summed E-state index contributed by atoms with van der Waals surface area (Å²) >= 11 is 1.60. The Morgan fingerprint density at radius 1 is 0.969 bits per heavy atom. The number of rotatable bonds is 9. The maximum atomic E-state index is 12.7. The molecule has 0 bridgehead atoms. The third-order valence-electron chi connectivity index (χ3n) is 4.58. The normalized spacial score (nSPS) is 10.3. The van der Waals surface area contributed by atoms with Crippen LogP contribution in [0.25, 0.3) is 0 Å². The summed E-state index contributed by atoms with van der Waals surface area (Å²) in [7, 11) is 0. The molecule has 0 heterocycles. The van der Waals surface area contributed by atoms with E-state index in [9.17, 15) is 9.59 Å². The van der Waals surface area contributed by atoms with Gasteiger partial charge in [0.15, 0.2) is 0 Å². The molecule has 3 rings (SSSR count). The zero-order valence-corrected chi connectivity index (χ0v) is 18.8. The van der Waals surface area contributed by atoms with Crippen molar-refractivity contribution in [2.45, 2.75) is 23.1 Å².